The Kier molecular flexibility index (Phi) is 3.72. The number of aliphatic hydroxyl groups is 1. The molecule has 0 amide bonds. The summed E-state index contributed by atoms with van der Waals surface area (Å²) in [6.45, 7) is 0. The Morgan fingerprint density at radius 2 is 1.74 bits per heavy atom. The lowest BCUT2D eigenvalue weighted by Crippen LogP contribution is -2.09. The molecule has 1 aliphatic rings. The van der Waals surface area contributed by atoms with Gasteiger partial charge < -0.3 is 9.84 Å². The highest BCUT2D eigenvalue weighted by atomic mass is 16.6. The van der Waals surface area contributed by atoms with Crippen molar-refractivity contribution in [1.82, 2.24) is 4.98 Å². The van der Waals surface area contributed by atoms with Crippen LogP contribution < -0.4 is 4.74 Å². The Labute approximate surface area is 135 Å². The Morgan fingerprint density at radius 3 is 2.65 bits per heavy atom. The molecular weight excluding hydrogens is 286 g/mol. The molecule has 23 heavy (non-hydrogen) atoms. The van der Waals surface area contributed by atoms with Crippen LogP contribution in [0.4, 0.5) is 0 Å². The monoisotopic (exact) mass is 305 g/mol. The second kappa shape index (κ2) is 6.01. The highest BCUT2D eigenvalue weighted by molar-refractivity contribution is 5.78. The molecule has 4 rings (SSSR count). The highest BCUT2D eigenvalue weighted by Gasteiger charge is 2.14. The molecule has 0 saturated heterocycles. The minimum atomic E-state index is -1.05. The first-order chi connectivity index (χ1) is 11.3. The molecule has 0 radical (unpaired) electrons. The second-order valence-electron chi connectivity index (χ2n) is 6.04. The van der Waals surface area contributed by atoms with Gasteiger partial charge in [0.1, 0.15) is 11.4 Å². The average Bonchev–Trinajstić information content (AvgIpc) is 2.61. The van der Waals surface area contributed by atoms with Crippen molar-refractivity contribution in [2.24, 2.45) is 0 Å². The van der Waals surface area contributed by atoms with Gasteiger partial charge in [0, 0.05) is 5.39 Å². The van der Waals surface area contributed by atoms with Crippen LogP contribution in [0, 0.1) is 0 Å². The molecule has 1 aliphatic carbocycles. The normalized spacial score (nSPS) is 15.2. The summed E-state index contributed by atoms with van der Waals surface area (Å²) in [6.07, 6.45) is 3.67. The average molecular weight is 305 g/mol. The molecule has 0 fully saturated rings. The first-order valence-electron chi connectivity index (χ1n) is 8.12. The molecule has 1 atom stereocenters. The fraction of sp³-hybridized carbons (Fsp3) is 0.250. The molecule has 3 aromatic rings. The Bertz CT molecular complexity index is 844. The molecule has 0 spiro atoms. The lowest BCUT2D eigenvalue weighted by molar-refractivity contribution is -0.0226. The van der Waals surface area contributed by atoms with Crippen LogP contribution in [-0.4, -0.2) is 10.1 Å². The predicted molar refractivity (Wildman–Crippen MR) is 90.4 cm³/mol. The summed E-state index contributed by atoms with van der Waals surface area (Å²) in [5.74, 6) is 0.702. The number of rotatable bonds is 3. The van der Waals surface area contributed by atoms with E-state index in [1.165, 1.54) is 24.0 Å². The Hall–Kier alpha value is -2.39. The summed E-state index contributed by atoms with van der Waals surface area (Å²) in [7, 11) is 0. The molecule has 1 unspecified atom stereocenters. The van der Waals surface area contributed by atoms with Gasteiger partial charge in [0.25, 0.3) is 0 Å². The van der Waals surface area contributed by atoms with E-state index in [2.05, 4.69) is 17.1 Å². The van der Waals surface area contributed by atoms with E-state index in [4.69, 9.17) is 4.74 Å². The van der Waals surface area contributed by atoms with Crippen molar-refractivity contribution >= 4 is 10.9 Å². The number of aromatic nitrogens is 1. The van der Waals surface area contributed by atoms with Crippen LogP contribution in [0.15, 0.2) is 54.6 Å². The molecule has 0 saturated carbocycles. The largest absolute Gasteiger partial charge is 0.459 e. The molecule has 116 valence electrons. The van der Waals surface area contributed by atoms with Gasteiger partial charge in [-0.05, 0) is 61.1 Å². The van der Waals surface area contributed by atoms with Crippen LogP contribution in [0.2, 0.25) is 0 Å². The standard InChI is InChI=1S/C20H19NO2/c22-20(19-12-10-15-6-3-4-8-18(15)21-19)23-17-11-9-14-5-1-2-7-16(14)13-17/h3-4,6,8-13,20,22H,1-2,5,7H2. The maximum atomic E-state index is 10.4. The van der Waals surface area contributed by atoms with Crippen molar-refractivity contribution in [3.63, 3.8) is 0 Å². The van der Waals surface area contributed by atoms with E-state index < -0.39 is 6.29 Å². The number of hydrogen-bond donors (Lipinski definition) is 1. The van der Waals surface area contributed by atoms with Crippen LogP contribution >= 0.6 is 0 Å². The molecule has 0 bridgehead atoms. The third-order valence-electron chi connectivity index (χ3n) is 4.44. The van der Waals surface area contributed by atoms with Gasteiger partial charge in [0.2, 0.25) is 6.29 Å². The number of benzene rings is 2. The summed E-state index contributed by atoms with van der Waals surface area (Å²) in [5, 5.41) is 11.4. The Balaban J connectivity index is 1.57. The van der Waals surface area contributed by atoms with E-state index in [9.17, 15) is 5.11 Å². The third-order valence-corrected chi connectivity index (χ3v) is 4.44. The van der Waals surface area contributed by atoms with Crippen molar-refractivity contribution < 1.29 is 9.84 Å². The van der Waals surface area contributed by atoms with Gasteiger partial charge in [0.15, 0.2) is 0 Å². The number of fused-ring (bicyclic) bond motifs is 2. The number of nitrogens with zero attached hydrogens (tertiary/aromatic N) is 1. The van der Waals surface area contributed by atoms with Gasteiger partial charge in [-0.3, -0.25) is 0 Å². The van der Waals surface area contributed by atoms with E-state index in [0.717, 1.165) is 23.7 Å². The SMILES string of the molecule is OC(Oc1ccc2c(c1)CCCC2)c1ccc2ccccc2n1. The van der Waals surface area contributed by atoms with Crippen molar-refractivity contribution in [3.05, 3.63) is 71.4 Å². The van der Waals surface area contributed by atoms with Gasteiger partial charge >= 0.3 is 0 Å². The Morgan fingerprint density at radius 1 is 0.913 bits per heavy atom. The van der Waals surface area contributed by atoms with Crippen LogP contribution in [0.3, 0.4) is 0 Å². The third kappa shape index (κ3) is 2.92. The second-order valence-corrected chi connectivity index (χ2v) is 6.04. The number of aryl methyl sites for hydroxylation is 2. The van der Waals surface area contributed by atoms with E-state index in [0.29, 0.717) is 11.4 Å². The molecule has 3 nitrogen and oxygen atoms in total. The zero-order chi connectivity index (χ0) is 15.6. The summed E-state index contributed by atoms with van der Waals surface area (Å²) in [5.41, 5.74) is 4.13. The van der Waals surface area contributed by atoms with Gasteiger partial charge in [-0.2, -0.15) is 0 Å². The summed E-state index contributed by atoms with van der Waals surface area (Å²) in [6, 6.07) is 17.7. The van der Waals surface area contributed by atoms with E-state index in [1.54, 1.807) is 0 Å². The van der Waals surface area contributed by atoms with Gasteiger partial charge in [-0.1, -0.05) is 30.3 Å². The van der Waals surface area contributed by atoms with Crippen molar-refractivity contribution in [2.45, 2.75) is 32.0 Å². The smallest absolute Gasteiger partial charge is 0.241 e. The van der Waals surface area contributed by atoms with Gasteiger partial charge in [-0.25, -0.2) is 4.98 Å². The first kappa shape index (κ1) is 14.2. The number of pyridine rings is 1. The fourth-order valence-corrected chi connectivity index (χ4v) is 3.19. The van der Waals surface area contributed by atoms with Crippen molar-refractivity contribution in [2.75, 3.05) is 0 Å². The minimum Gasteiger partial charge on any atom is -0.459 e. The summed E-state index contributed by atoms with van der Waals surface area (Å²) < 4.78 is 5.71. The number of aliphatic hydroxyl groups excluding tert-OH is 1. The predicted octanol–water partition coefficient (Wildman–Crippen LogP) is 4.18. The summed E-state index contributed by atoms with van der Waals surface area (Å²) >= 11 is 0. The zero-order valence-corrected chi connectivity index (χ0v) is 12.9. The molecule has 1 N–H and O–H groups in total. The molecule has 1 heterocycles. The van der Waals surface area contributed by atoms with Crippen molar-refractivity contribution in [1.29, 1.82) is 0 Å². The molecule has 0 aliphatic heterocycles. The molecular formula is C20H19NO2. The molecule has 2 aromatic carbocycles. The first-order valence-corrected chi connectivity index (χ1v) is 8.12. The maximum absolute atomic E-state index is 10.4. The number of ether oxygens (including phenoxy) is 1. The van der Waals surface area contributed by atoms with E-state index in [-0.39, 0.29) is 0 Å². The molecule has 3 heteroatoms. The quantitative estimate of drug-likeness (QED) is 0.738. The van der Waals surface area contributed by atoms with Crippen LogP contribution in [0.5, 0.6) is 5.75 Å². The molecule has 1 aromatic heterocycles. The topological polar surface area (TPSA) is 42.4 Å². The maximum Gasteiger partial charge on any atom is 0.241 e. The van der Waals surface area contributed by atoms with Gasteiger partial charge in [0.05, 0.1) is 5.52 Å². The lowest BCUT2D eigenvalue weighted by atomic mass is 9.92. The number of hydrogen-bond acceptors (Lipinski definition) is 3. The van der Waals surface area contributed by atoms with Crippen LogP contribution in [0.25, 0.3) is 10.9 Å². The van der Waals surface area contributed by atoms with E-state index in [1.807, 2.05) is 42.5 Å². The van der Waals surface area contributed by atoms with Crippen LogP contribution in [-0.2, 0) is 12.8 Å². The minimum absolute atomic E-state index is 0.529. The van der Waals surface area contributed by atoms with Crippen LogP contribution in [0.1, 0.15) is 36.0 Å². The fourth-order valence-electron chi connectivity index (χ4n) is 3.19. The van der Waals surface area contributed by atoms with E-state index >= 15 is 0 Å². The van der Waals surface area contributed by atoms with Gasteiger partial charge in [-0.15, -0.1) is 0 Å². The van der Waals surface area contributed by atoms with Crippen molar-refractivity contribution in [3.8, 4) is 5.75 Å². The summed E-state index contributed by atoms with van der Waals surface area (Å²) in [4.78, 5) is 4.48. The lowest BCUT2D eigenvalue weighted by Gasteiger charge is -2.18. The number of para-hydroxylation sites is 1. The zero-order valence-electron chi connectivity index (χ0n) is 12.9. The highest BCUT2D eigenvalue weighted by Crippen LogP contribution is 2.27.